The van der Waals surface area contributed by atoms with Crippen molar-refractivity contribution in [3.05, 3.63) is 12.7 Å². The predicted octanol–water partition coefficient (Wildman–Crippen LogP) is 1.68. The Balaban J connectivity index is 0. The maximum absolute atomic E-state index is 5.37. The molecule has 0 amide bonds. The van der Waals surface area contributed by atoms with Crippen molar-refractivity contribution in [1.82, 2.24) is 9.80 Å². The van der Waals surface area contributed by atoms with Crippen molar-refractivity contribution in [2.75, 3.05) is 47.9 Å². The molecule has 0 N–H and O–H groups in total. The van der Waals surface area contributed by atoms with Crippen molar-refractivity contribution < 1.29 is 4.74 Å². The van der Waals surface area contributed by atoms with E-state index in [1.165, 1.54) is 0 Å². The van der Waals surface area contributed by atoms with Gasteiger partial charge in [-0.3, -0.25) is 4.99 Å². The van der Waals surface area contributed by atoms with Gasteiger partial charge in [-0.1, -0.05) is 6.08 Å². The molecule has 0 aromatic carbocycles. The van der Waals surface area contributed by atoms with Gasteiger partial charge in [0.15, 0.2) is 5.96 Å². The number of hydrogen-bond acceptors (Lipinski definition) is 2. The number of guanidine groups is 1. The highest BCUT2D eigenvalue weighted by Crippen LogP contribution is 1.90. The molecule has 0 fully saturated rings. The van der Waals surface area contributed by atoms with Crippen LogP contribution in [-0.4, -0.2) is 63.7 Å². The zero-order valence-corrected chi connectivity index (χ0v) is 13.1. The molecule has 0 aromatic heterocycles. The second-order valence-electron chi connectivity index (χ2n) is 3.66. The SMILES string of the molecule is C=CCCOCCN=C(N(C)C)N(C)C.I. The first kappa shape index (κ1) is 18.1. The van der Waals surface area contributed by atoms with Gasteiger partial charge in [0.2, 0.25) is 0 Å². The largest absolute Gasteiger partial charge is 0.379 e. The van der Waals surface area contributed by atoms with Crippen molar-refractivity contribution in [2.24, 2.45) is 4.99 Å². The topological polar surface area (TPSA) is 28.1 Å². The molecule has 5 heteroatoms. The molecule has 0 bridgehead atoms. The summed E-state index contributed by atoms with van der Waals surface area (Å²) in [5.74, 6) is 0.960. The predicted molar refractivity (Wildman–Crippen MR) is 80.7 cm³/mol. The third-order valence-corrected chi connectivity index (χ3v) is 1.76. The minimum absolute atomic E-state index is 0. The molecule has 0 aliphatic carbocycles. The molecule has 0 atom stereocenters. The Morgan fingerprint density at radius 2 is 1.75 bits per heavy atom. The number of ether oxygens (including phenoxy) is 1. The lowest BCUT2D eigenvalue weighted by atomic mass is 10.5. The molecule has 0 rings (SSSR count). The number of hydrogen-bond donors (Lipinski definition) is 0. The van der Waals surface area contributed by atoms with Gasteiger partial charge < -0.3 is 14.5 Å². The first-order valence-corrected chi connectivity index (χ1v) is 5.17. The van der Waals surface area contributed by atoms with Gasteiger partial charge in [0, 0.05) is 28.2 Å². The Labute approximate surface area is 116 Å². The first-order chi connectivity index (χ1) is 7.09. The summed E-state index contributed by atoms with van der Waals surface area (Å²) < 4.78 is 5.37. The molecule has 0 aromatic rings. The zero-order chi connectivity index (χ0) is 11.7. The number of rotatable bonds is 6. The van der Waals surface area contributed by atoms with Crippen LogP contribution in [0.25, 0.3) is 0 Å². The highest BCUT2D eigenvalue weighted by Gasteiger charge is 2.02. The normalized spacial score (nSPS) is 9.00. The smallest absolute Gasteiger partial charge is 0.195 e. The van der Waals surface area contributed by atoms with Gasteiger partial charge in [-0.05, 0) is 6.42 Å². The van der Waals surface area contributed by atoms with Gasteiger partial charge in [0.25, 0.3) is 0 Å². The molecule has 0 radical (unpaired) electrons. The van der Waals surface area contributed by atoms with E-state index in [1.807, 2.05) is 44.1 Å². The van der Waals surface area contributed by atoms with Gasteiger partial charge in [-0.25, -0.2) is 0 Å². The van der Waals surface area contributed by atoms with Crippen LogP contribution in [0.15, 0.2) is 17.6 Å². The summed E-state index contributed by atoms with van der Waals surface area (Å²) in [6.07, 6.45) is 2.76. The molecule has 0 aliphatic rings. The fraction of sp³-hybridized carbons (Fsp3) is 0.727. The second-order valence-corrected chi connectivity index (χ2v) is 3.66. The highest BCUT2D eigenvalue weighted by molar-refractivity contribution is 14.0. The Morgan fingerprint density at radius 1 is 1.19 bits per heavy atom. The Kier molecular flexibility index (Phi) is 12.6. The second kappa shape index (κ2) is 11.2. The summed E-state index contributed by atoms with van der Waals surface area (Å²) in [7, 11) is 7.93. The molecule has 0 aliphatic heterocycles. The highest BCUT2D eigenvalue weighted by atomic mass is 127. The molecule has 0 saturated heterocycles. The van der Waals surface area contributed by atoms with Crippen molar-refractivity contribution in [1.29, 1.82) is 0 Å². The molecule has 96 valence electrons. The average molecular weight is 341 g/mol. The van der Waals surface area contributed by atoms with Crippen molar-refractivity contribution in [3.63, 3.8) is 0 Å². The Bertz CT molecular complexity index is 195. The lowest BCUT2D eigenvalue weighted by Crippen LogP contribution is -2.35. The van der Waals surface area contributed by atoms with Crippen LogP contribution in [-0.2, 0) is 4.74 Å². The minimum atomic E-state index is 0. The van der Waals surface area contributed by atoms with E-state index in [2.05, 4.69) is 11.6 Å². The van der Waals surface area contributed by atoms with E-state index in [0.717, 1.165) is 19.0 Å². The zero-order valence-electron chi connectivity index (χ0n) is 10.8. The van der Waals surface area contributed by atoms with Gasteiger partial charge >= 0.3 is 0 Å². The van der Waals surface area contributed by atoms with Crippen LogP contribution < -0.4 is 0 Å². The summed E-state index contributed by atoms with van der Waals surface area (Å²) in [6, 6.07) is 0. The molecular weight excluding hydrogens is 317 g/mol. The minimum Gasteiger partial charge on any atom is -0.379 e. The fourth-order valence-corrected chi connectivity index (χ4v) is 1.16. The van der Waals surface area contributed by atoms with Crippen molar-refractivity contribution >= 4 is 29.9 Å². The first-order valence-electron chi connectivity index (χ1n) is 5.17. The molecular formula is C11H24IN3O. The maximum atomic E-state index is 5.37. The summed E-state index contributed by atoms with van der Waals surface area (Å²) >= 11 is 0. The number of halogens is 1. The molecule has 0 unspecified atom stereocenters. The quantitative estimate of drug-likeness (QED) is 0.242. The van der Waals surface area contributed by atoms with Crippen LogP contribution in [0.1, 0.15) is 6.42 Å². The summed E-state index contributed by atoms with van der Waals surface area (Å²) in [5.41, 5.74) is 0. The molecule has 4 nitrogen and oxygen atoms in total. The van der Waals surface area contributed by atoms with Crippen LogP contribution in [0.2, 0.25) is 0 Å². The van der Waals surface area contributed by atoms with Gasteiger partial charge in [0.05, 0.1) is 19.8 Å². The van der Waals surface area contributed by atoms with Gasteiger partial charge in [0.1, 0.15) is 0 Å². The van der Waals surface area contributed by atoms with Gasteiger partial charge in [-0.2, -0.15) is 0 Å². The summed E-state index contributed by atoms with van der Waals surface area (Å²) in [4.78, 5) is 8.42. The fourth-order valence-electron chi connectivity index (χ4n) is 1.16. The van der Waals surface area contributed by atoms with Crippen LogP contribution in [0.3, 0.4) is 0 Å². The van der Waals surface area contributed by atoms with E-state index in [9.17, 15) is 0 Å². The Morgan fingerprint density at radius 3 is 2.19 bits per heavy atom. The summed E-state index contributed by atoms with van der Waals surface area (Å²) in [5, 5.41) is 0. The van der Waals surface area contributed by atoms with E-state index < -0.39 is 0 Å². The number of nitrogens with zero attached hydrogens (tertiary/aromatic N) is 3. The third-order valence-electron chi connectivity index (χ3n) is 1.76. The molecule has 0 spiro atoms. The van der Waals surface area contributed by atoms with E-state index in [-0.39, 0.29) is 24.0 Å². The van der Waals surface area contributed by atoms with E-state index >= 15 is 0 Å². The van der Waals surface area contributed by atoms with Crippen LogP contribution in [0.5, 0.6) is 0 Å². The standard InChI is InChI=1S/C11H23N3O.HI/c1-6-7-9-15-10-8-12-11(13(2)3)14(4)5;/h6H,1,7-10H2,2-5H3;1H. The van der Waals surface area contributed by atoms with Crippen LogP contribution in [0, 0.1) is 0 Å². The third kappa shape index (κ3) is 8.96. The lowest BCUT2D eigenvalue weighted by molar-refractivity contribution is 0.146. The van der Waals surface area contributed by atoms with E-state index in [0.29, 0.717) is 13.2 Å². The molecule has 0 saturated carbocycles. The monoisotopic (exact) mass is 341 g/mol. The van der Waals surface area contributed by atoms with E-state index in [4.69, 9.17) is 4.74 Å². The van der Waals surface area contributed by atoms with Gasteiger partial charge in [-0.15, -0.1) is 30.6 Å². The van der Waals surface area contributed by atoms with E-state index in [1.54, 1.807) is 0 Å². The summed E-state index contributed by atoms with van der Waals surface area (Å²) in [6.45, 7) is 5.73. The molecule has 16 heavy (non-hydrogen) atoms. The van der Waals surface area contributed by atoms with Crippen LogP contribution in [0.4, 0.5) is 0 Å². The number of aliphatic imine (C=N–C) groups is 1. The molecule has 0 heterocycles. The van der Waals surface area contributed by atoms with Crippen molar-refractivity contribution in [2.45, 2.75) is 6.42 Å². The van der Waals surface area contributed by atoms with Crippen molar-refractivity contribution in [3.8, 4) is 0 Å². The Hall–Kier alpha value is -0.300. The van der Waals surface area contributed by atoms with Crippen LogP contribution >= 0.6 is 24.0 Å². The lowest BCUT2D eigenvalue weighted by Gasteiger charge is -2.22. The maximum Gasteiger partial charge on any atom is 0.195 e. The average Bonchev–Trinajstić information content (AvgIpc) is 2.15.